The van der Waals surface area contributed by atoms with Crippen molar-refractivity contribution in [3.8, 4) is 11.8 Å². The van der Waals surface area contributed by atoms with Crippen molar-refractivity contribution < 1.29 is 18.7 Å². The average Bonchev–Trinajstić information content (AvgIpc) is 2.72. The molecule has 0 saturated carbocycles. The molecule has 0 N–H and O–H groups in total. The fourth-order valence-electron chi connectivity index (χ4n) is 4.34. The average molecular weight is 419 g/mol. The van der Waals surface area contributed by atoms with Crippen LogP contribution >= 0.6 is 11.6 Å². The van der Waals surface area contributed by atoms with Crippen molar-refractivity contribution in [2.45, 2.75) is 31.8 Å². The number of hydrogen-bond acceptors (Lipinski definition) is 3. The second-order valence-electron chi connectivity index (χ2n) is 8.02. The van der Waals surface area contributed by atoms with Crippen LogP contribution in [0.25, 0.3) is 0 Å². The number of carbonyl (C=O) groups is 2. The summed E-state index contributed by atoms with van der Waals surface area (Å²) in [4.78, 5) is 28.3. The largest absolute Gasteiger partial charge is 0.370 e. The third kappa shape index (κ3) is 4.73. The summed E-state index contributed by atoms with van der Waals surface area (Å²) in [5.41, 5.74) is 0.624. The number of ketones is 1. The van der Waals surface area contributed by atoms with Crippen LogP contribution in [-0.2, 0) is 9.53 Å². The van der Waals surface area contributed by atoms with E-state index < -0.39 is 0 Å². The van der Waals surface area contributed by atoms with E-state index >= 15 is 0 Å². The van der Waals surface area contributed by atoms with E-state index in [1.165, 1.54) is 12.1 Å². The first-order valence-corrected chi connectivity index (χ1v) is 10.5. The van der Waals surface area contributed by atoms with E-state index in [1.807, 2.05) is 9.80 Å². The molecule has 4 rings (SSSR count). The summed E-state index contributed by atoms with van der Waals surface area (Å²) in [7, 11) is 0. The molecule has 1 aromatic rings. The van der Waals surface area contributed by atoms with Gasteiger partial charge in [0.25, 0.3) is 0 Å². The number of hydrogen-bond donors (Lipinski definition) is 0. The van der Waals surface area contributed by atoms with Crippen LogP contribution < -0.4 is 0 Å². The Morgan fingerprint density at radius 1 is 1.17 bits per heavy atom. The Morgan fingerprint density at radius 3 is 2.69 bits per heavy atom. The minimum Gasteiger partial charge on any atom is -0.370 e. The maximum atomic E-state index is 13.1. The van der Waals surface area contributed by atoms with Gasteiger partial charge in [-0.2, -0.15) is 0 Å². The highest BCUT2D eigenvalue weighted by atomic mass is 35.5. The van der Waals surface area contributed by atoms with Crippen molar-refractivity contribution >= 4 is 23.4 Å². The Morgan fingerprint density at radius 2 is 1.93 bits per heavy atom. The molecule has 29 heavy (non-hydrogen) atoms. The third-order valence-corrected chi connectivity index (χ3v) is 6.30. The van der Waals surface area contributed by atoms with Crippen molar-refractivity contribution in [2.24, 2.45) is 11.8 Å². The number of urea groups is 1. The maximum absolute atomic E-state index is 13.1. The van der Waals surface area contributed by atoms with Gasteiger partial charge in [-0.05, 0) is 37.5 Å². The number of rotatable bonds is 0. The van der Waals surface area contributed by atoms with E-state index in [0.29, 0.717) is 43.2 Å². The topological polar surface area (TPSA) is 49.9 Å². The van der Waals surface area contributed by atoms with Gasteiger partial charge < -0.3 is 14.5 Å². The zero-order valence-electron chi connectivity index (χ0n) is 16.2. The summed E-state index contributed by atoms with van der Waals surface area (Å²) in [6.07, 6.45) is 3.02. The van der Waals surface area contributed by atoms with Gasteiger partial charge in [-0.25, -0.2) is 9.18 Å². The van der Waals surface area contributed by atoms with Crippen molar-refractivity contribution in [1.29, 1.82) is 0 Å². The van der Waals surface area contributed by atoms with Gasteiger partial charge in [-0.1, -0.05) is 23.4 Å². The van der Waals surface area contributed by atoms with Gasteiger partial charge in [0.15, 0.2) is 5.78 Å². The van der Waals surface area contributed by atoms with E-state index in [1.54, 1.807) is 6.07 Å². The van der Waals surface area contributed by atoms with Gasteiger partial charge >= 0.3 is 6.03 Å². The number of halogens is 2. The van der Waals surface area contributed by atoms with E-state index in [9.17, 15) is 14.0 Å². The highest BCUT2D eigenvalue weighted by Crippen LogP contribution is 2.28. The minimum atomic E-state index is -0.374. The summed E-state index contributed by atoms with van der Waals surface area (Å²) in [6, 6.07) is 4.26. The zero-order chi connectivity index (χ0) is 20.4. The lowest BCUT2D eigenvalue weighted by Gasteiger charge is -2.42. The monoisotopic (exact) mass is 418 g/mol. The predicted octanol–water partition coefficient (Wildman–Crippen LogP) is 3.34. The molecule has 0 bridgehead atoms. The number of piperidine rings is 2. The predicted molar refractivity (Wildman–Crippen MR) is 107 cm³/mol. The fourth-order valence-corrected chi connectivity index (χ4v) is 4.55. The van der Waals surface area contributed by atoms with Crippen LogP contribution in [0, 0.1) is 29.5 Å². The molecule has 3 aliphatic heterocycles. The minimum absolute atomic E-state index is 0.0504. The zero-order valence-corrected chi connectivity index (χ0v) is 17.0. The Hall–Kier alpha value is -2.10. The first kappa shape index (κ1) is 20.2. The van der Waals surface area contributed by atoms with E-state index in [-0.39, 0.29) is 42.2 Å². The highest BCUT2D eigenvalue weighted by Gasteiger charge is 2.38. The molecule has 3 saturated heterocycles. The third-order valence-electron chi connectivity index (χ3n) is 5.99. The summed E-state index contributed by atoms with van der Waals surface area (Å²) >= 11 is 6.02. The standard InChI is InChI=1S/C22H24ClFN2O3/c23-20-12-18(24)4-3-16(20)2-1-15-5-8-25(9-6-15)22(28)26-10-7-21-17(13-26)11-19(27)14-29-21/h3-4,12,15,17,21H,5-11,13-14H2/t17-,21+/m1/s1. The van der Waals surface area contributed by atoms with Crippen molar-refractivity contribution in [3.63, 3.8) is 0 Å². The second kappa shape index (κ2) is 8.73. The number of benzene rings is 1. The van der Waals surface area contributed by atoms with Crippen LogP contribution in [0.2, 0.25) is 5.02 Å². The molecule has 2 atom stereocenters. The molecule has 3 fully saturated rings. The number of carbonyl (C=O) groups excluding carboxylic acids is 2. The Balaban J connectivity index is 1.30. The second-order valence-corrected chi connectivity index (χ2v) is 8.43. The SMILES string of the molecule is O=C1CO[C@H]2CCN(C(=O)N3CCC(C#Cc4ccc(F)cc4Cl)CC3)C[C@H]2C1. The number of nitrogens with zero attached hydrogens (tertiary/aromatic N) is 2. The lowest BCUT2D eigenvalue weighted by atomic mass is 9.88. The Kier molecular flexibility index (Phi) is 6.07. The summed E-state index contributed by atoms with van der Waals surface area (Å²) in [5, 5.41) is 0.318. The maximum Gasteiger partial charge on any atom is 0.320 e. The smallest absolute Gasteiger partial charge is 0.320 e. The number of ether oxygens (including phenoxy) is 1. The van der Waals surface area contributed by atoms with Crippen LogP contribution in [0.3, 0.4) is 0 Å². The van der Waals surface area contributed by atoms with Crippen LogP contribution in [0.15, 0.2) is 18.2 Å². The van der Waals surface area contributed by atoms with Gasteiger partial charge in [-0.3, -0.25) is 4.79 Å². The normalized spacial score (nSPS) is 25.2. The summed E-state index contributed by atoms with van der Waals surface area (Å²) in [6.45, 7) is 2.81. The number of Topliss-reactive ketones (excluding diaryl/α,β-unsaturated/α-hetero) is 1. The lowest BCUT2D eigenvalue weighted by molar-refractivity contribution is -0.139. The van der Waals surface area contributed by atoms with E-state index in [0.717, 1.165) is 19.3 Å². The Bertz CT molecular complexity index is 857. The van der Waals surface area contributed by atoms with Crippen molar-refractivity contribution in [1.82, 2.24) is 9.80 Å². The van der Waals surface area contributed by atoms with Crippen LogP contribution in [-0.4, -0.2) is 60.5 Å². The van der Waals surface area contributed by atoms with Gasteiger partial charge in [0.05, 0.1) is 11.1 Å². The van der Waals surface area contributed by atoms with E-state index in [4.69, 9.17) is 16.3 Å². The molecule has 3 aliphatic rings. The first-order chi connectivity index (χ1) is 14.0. The molecule has 0 radical (unpaired) electrons. The molecule has 3 heterocycles. The van der Waals surface area contributed by atoms with Gasteiger partial charge in [-0.15, -0.1) is 0 Å². The Labute approximate surface area is 175 Å². The molecule has 1 aromatic carbocycles. The van der Waals surface area contributed by atoms with Crippen LogP contribution in [0.4, 0.5) is 9.18 Å². The molecule has 154 valence electrons. The highest BCUT2D eigenvalue weighted by molar-refractivity contribution is 6.31. The quantitative estimate of drug-likeness (QED) is 0.607. The summed E-state index contributed by atoms with van der Waals surface area (Å²) in [5.74, 6) is 6.33. The molecule has 0 unspecified atom stereocenters. The van der Waals surface area contributed by atoms with Crippen LogP contribution in [0.1, 0.15) is 31.2 Å². The fraction of sp³-hybridized carbons (Fsp3) is 0.545. The number of fused-ring (bicyclic) bond motifs is 1. The molecule has 7 heteroatoms. The summed E-state index contributed by atoms with van der Waals surface area (Å²) < 4.78 is 18.7. The number of likely N-dealkylation sites (tertiary alicyclic amines) is 2. The number of amides is 2. The lowest BCUT2D eigenvalue weighted by Crippen LogP contribution is -2.54. The van der Waals surface area contributed by atoms with Crippen LogP contribution in [0.5, 0.6) is 0 Å². The molecule has 2 amide bonds. The molecular formula is C22H24ClFN2O3. The molecule has 0 aliphatic carbocycles. The molecule has 0 aromatic heterocycles. The van der Waals surface area contributed by atoms with Crippen molar-refractivity contribution in [3.05, 3.63) is 34.6 Å². The van der Waals surface area contributed by atoms with Gasteiger partial charge in [0.1, 0.15) is 12.4 Å². The van der Waals surface area contributed by atoms with Crippen molar-refractivity contribution in [2.75, 3.05) is 32.8 Å². The molecular weight excluding hydrogens is 395 g/mol. The molecule has 5 nitrogen and oxygen atoms in total. The molecule has 0 spiro atoms. The first-order valence-electron chi connectivity index (χ1n) is 10.1. The van der Waals surface area contributed by atoms with E-state index in [2.05, 4.69) is 11.8 Å². The van der Waals surface area contributed by atoms with Gasteiger partial charge in [0.2, 0.25) is 0 Å². The van der Waals surface area contributed by atoms with Gasteiger partial charge in [0, 0.05) is 50.0 Å².